The molecule has 0 atom stereocenters. The number of benzene rings is 1. The van der Waals surface area contributed by atoms with Gasteiger partial charge in [-0.15, -0.1) is 0 Å². The highest BCUT2D eigenvalue weighted by Gasteiger charge is 2.10. The number of carboxylic acid groups (broad SMARTS) is 1. The van der Waals surface area contributed by atoms with Crippen molar-refractivity contribution in [1.29, 1.82) is 0 Å². The molecule has 0 aliphatic heterocycles. The maximum absolute atomic E-state index is 10.5. The highest BCUT2D eigenvalue weighted by atomic mass is 79.9. The van der Waals surface area contributed by atoms with Crippen LogP contribution in [0.2, 0.25) is 0 Å². The van der Waals surface area contributed by atoms with Gasteiger partial charge in [-0.25, -0.2) is 0 Å². The van der Waals surface area contributed by atoms with Gasteiger partial charge in [0.25, 0.3) is 0 Å². The van der Waals surface area contributed by atoms with Crippen molar-refractivity contribution in [2.75, 3.05) is 7.11 Å². The zero-order valence-electron chi connectivity index (χ0n) is 9.42. The Morgan fingerprint density at radius 1 is 1.50 bits per heavy atom. The Hall–Kier alpha value is -1.03. The highest BCUT2D eigenvalue weighted by molar-refractivity contribution is 9.10. The molecule has 0 aliphatic rings. The van der Waals surface area contributed by atoms with Gasteiger partial charge in [0, 0.05) is 6.42 Å². The van der Waals surface area contributed by atoms with Gasteiger partial charge >= 0.3 is 5.97 Å². The predicted octanol–water partition coefficient (Wildman–Crippen LogP) is 3.17. The van der Waals surface area contributed by atoms with Gasteiger partial charge in [0.15, 0.2) is 0 Å². The standard InChI is InChI=1S/C12H15BrO3/c1-8-6-7-10(13)12(16-2)9(8)4-3-5-11(14)15/h6-7H,3-5H2,1-2H3,(H,14,15). The molecule has 0 amide bonds. The van der Waals surface area contributed by atoms with Crippen LogP contribution in [0.1, 0.15) is 24.0 Å². The van der Waals surface area contributed by atoms with Crippen LogP contribution < -0.4 is 4.74 Å². The van der Waals surface area contributed by atoms with Crippen molar-refractivity contribution in [1.82, 2.24) is 0 Å². The van der Waals surface area contributed by atoms with Crippen LogP contribution in [-0.2, 0) is 11.2 Å². The lowest BCUT2D eigenvalue weighted by Gasteiger charge is -2.12. The van der Waals surface area contributed by atoms with Crippen LogP contribution in [0.5, 0.6) is 5.75 Å². The third kappa shape index (κ3) is 3.23. The maximum atomic E-state index is 10.5. The van der Waals surface area contributed by atoms with E-state index in [0.717, 1.165) is 27.8 Å². The average molecular weight is 287 g/mol. The topological polar surface area (TPSA) is 46.5 Å². The summed E-state index contributed by atoms with van der Waals surface area (Å²) in [6.45, 7) is 2.01. The molecule has 1 aromatic carbocycles. The maximum Gasteiger partial charge on any atom is 0.303 e. The van der Waals surface area contributed by atoms with Crippen molar-refractivity contribution in [3.8, 4) is 5.75 Å². The first kappa shape index (κ1) is 13.0. The van der Waals surface area contributed by atoms with Gasteiger partial charge in [-0.2, -0.15) is 0 Å². The van der Waals surface area contributed by atoms with E-state index in [0.29, 0.717) is 6.42 Å². The molecule has 1 rings (SSSR count). The van der Waals surface area contributed by atoms with E-state index in [9.17, 15) is 4.79 Å². The number of halogens is 1. The quantitative estimate of drug-likeness (QED) is 0.904. The molecular formula is C12H15BrO3. The number of hydrogen-bond donors (Lipinski definition) is 1. The molecule has 0 bridgehead atoms. The van der Waals surface area contributed by atoms with Gasteiger partial charge < -0.3 is 9.84 Å². The molecule has 3 nitrogen and oxygen atoms in total. The molecule has 4 heteroatoms. The lowest BCUT2D eigenvalue weighted by molar-refractivity contribution is -0.137. The monoisotopic (exact) mass is 286 g/mol. The van der Waals surface area contributed by atoms with Crippen LogP contribution >= 0.6 is 15.9 Å². The van der Waals surface area contributed by atoms with Crippen molar-refractivity contribution < 1.29 is 14.6 Å². The number of methoxy groups -OCH3 is 1. The Morgan fingerprint density at radius 2 is 2.19 bits per heavy atom. The Labute approximate surface area is 104 Å². The molecular weight excluding hydrogens is 272 g/mol. The Kier molecular flexibility index (Phi) is 4.80. The molecule has 0 unspecified atom stereocenters. The summed E-state index contributed by atoms with van der Waals surface area (Å²) < 4.78 is 6.23. The number of aryl methyl sites for hydroxylation is 1. The van der Waals surface area contributed by atoms with E-state index < -0.39 is 5.97 Å². The molecule has 0 heterocycles. The van der Waals surface area contributed by atoms with E-state index in [1.54, 1.807) is 7.11 Å². The first-order valence-corrected chi connectivity index (χ1v) is 5.89. The van der Waals surface area contributed by atoms with Crippen molar-refractivity contribution in [2.45, 2.75) is 26.2 Å². The van der Waals surface area contributed by atoms with Crippen molar-refractivity contribution in [3.05, 3.63) is 27.7 Å². The summed E-state index contributed by atoms with van der Waals surface area (Å²) in [5.74, 6) is 0.0528. The molecule has 1 aromatic rings. The second-order valence-electron chi connectivity index (χ2n) is 3.62. The fourth-order valence-electron chi connectivity index (χ4n) is 1.65. The summed E-state index contributed by atoms with van der Waals surface area (Å²) in [7, 11) is 1.63. The second-order valence-corrected chi connectivity index (χ2v) is 4.48. The van der Waals surface area contributed by atoms with Crippen LogP contribution in [0.25, 0.3) is 0 Å². The SMILES string of the molecule is COc1c(Br)ccc(C)c1CCCC(=O)O. The zero-order valence-corrected chi connectivity index (χ0v) is 11.0. The Balaban J connectivity index is 2.84. The molecule has 0 spiro atoms. The number of carbonyl (C=O) groups is 1. The molecule has 0 saturated carbocycles. The molecule has 88 valence electrons. The first-order chi connectivity index (χ1) is 7.56. The van der Waals surface area contributed by atoms with E-state index >= 15 is 0 Å². The minimum absolute atomic E-state index is 0.190. The normalized spacial score (nSPS) is 10.2. The van der Waals surface area contributed by atoms with Crippen LogP contribution in [-0.4, -0.2) is 18.2 Å². The van der Waals surface area contributed by atoms with Gasteiger partial charge in [0.05, 0.1) is 11.6 Å². The summed E-state index contributed by atoms with van der Waals surface area (Å²) in [6.07, 6.45) is 1.54. The first-order valence-electron chi connectivity index (χ1n) is 5.10. The molecule has 16 heavy (non-hydrogen) atoms. The molecule has 0 saturated heterocycles. The number of ether oxygens (including phenoxy) is 1. The third-order valence-corrected chi connectivity index (χ3v) is 3.09. The molecule has 1 N–H and O–H groups in total. The van der Waals surface area contributed by atoms with Gasteiger partial charge in [-0.1, -0.05) is 6.07 Å². The van der Waals surface area contributed by atoms with Crippen molar-refractivity contribution in [3.63, 3.8) is 0 Å². The summed E-state index contributed by atoms with van der Waals surface area (Å²) in [4.78, 5) is 10.5. The van der Waals surface area contributed by atoms with Crippen LogP contribution in [0.15, 0.2) is 16.6 Å². The van der Waals surface area contributed by atoms with Crippen LogP contribution in [0.4, 0.5) is 0 Å². The van der Waals surface area contributed by atoms with Gasteiger partial charge in [-0.3, -0.25) is 4.79 Å². The largest absolute Gasteiger partial charge is 0.495 e. The van der Waals surface area contributed by atoms with E-state index in [1.807, 2.05) is 19.1 Å². The van der Waals surface area contributed by atoms with Crippen molar-refractivity contribution >= 4 is 21.9 Å². The lowest BCUT2D eigenvalue weighted by atomic mass is 10.0. The summed E-state index contributed by atoms with van der Waals surface area (Å²) >= 11 is 3.42. The van der Waals surface area contributed by atoms with Gasteiger partial charge in [0.1, 0.15) is 5.75 Å². The second kappa shape index (κ2) is 5.89. The fraction of sp³-hybridized carbons (Fsp3) is 0.417. The number of rotatable bonds is 5. The molecule has 0 radical (unpaired) electrons. The molecule has 0 aliphatic carbocycles. The van der Waals surface area contributed by atoms with Gasteiger partial charge in [-0.05, 0) is 52.9 Å². The minimum Gasteiger partial charge on any atom is -0.495 e. The smallest absolute Gasteiger partial charge is 0.303 e. The highest BCUT2D eigenvalue weighted by Crippen LogP contribution is 2.32. The number of aliphatic carboxylic acids is 1. The lowest BCUT2D eigenvalue weighted by Crippen LogP contribution is -2.00. The number of hydrogen-bond acceptors (Lipinski definition) is 2. The summed E-state index contributed by atoms with van der Waals surface area (Å²) in [6, 6.07) is 3.94. The zero-order chi connectivity index (χ0) is 12.1. The summed E-state index contributed by atoms with van der Waals surface area (Å²) in [5, 5.41) is 8.60. The van der Waals surface area contributed by atoms with E-state index in [4.69, 9.17) is 9.84 Å². The average Bonchev–Trinajstić information content (AvgIpc) is 2.23. The van der Waals surface area contributed by atoms with E-state index in [2.05, 4.69) is 15.9 Å². The Bertz CT molecular complexity index is 388. The summed E-state index contributed by atoms with van der Waals surface area (Å²) in [5.41, 5.74) is 2.21. The van der Waals surface area contributed by atoms with Crippen molar-refractivity contribution in [2.24, 2.45) is 0 Å². The predicted molar refractivity (Wildman–Crippen MR) is 66.0 cm³/mol. The van der Waals surface area contributed by atoms with E-state index in [-0.39, 0.29) is 6.42 Å². The molecule has 0 fully saturated rings. The Morgan fingerprint density at radius 3 is 2.75 bits per heavy atom. The fourth-order valence-corrected chi connectivity index (χ4v) is 2.18. The number of carboxylic acids is 1. The van der Waals surface area contributed by atoms with E-state index in [1.165, 1.54) is 0 Å². The van der Waals surface area contributed by atoms with Gasteiger partial charge in [0.2, 0.25) is 0 Å². The third-order valence-electron chi connectivity index (χ3n) is 2.47. The minimum atomic E-state index is -0.758. The van der Waals surface area contributed by atoms with Crippen LogP contribution in [0.3, 0.4) is 0 Å². The van der Waals surface area contributed by atoms with Crippen LogP contribution in [0, 0.1) is 6.92 Å². The molecule has 0 aromatic heterocycles.